The van der Waals surface area contributed by atoms with Crippen LogP contribution in [0.15, 0.2) is 35.3 Å². The number of carbonyl (C=O) groups is 1. The molecule has 0 saturated heterocycles. The number of ether oxygens (including phenoxy) is 1. The molecule has 0 radical (unpaired) electrons. The first-order chi connectivity index (χ1) is 8.22. The van der Waals surface area contributed by atoms with Gasteiger partial charge in [0.15, 0.2) is 0 Å². The lowest BCUT2D eigenvalue weighted by Gasteiger charge is -1.95. The highest BCUT2D eigenvalue weighted by Gasteiger charge is 2.13. The molecule has 0 amide bonds. The molecule has 0 aliphatic heterocycles. The molecule has 17 heavy (non-hydrogen) atoms. The van der Waals surface area contributed by atoms with Crippen molar-refractivity contribution in [2.75, 3.05) is 6.61 Å². The van der Waals surface area contributed by atoms with Crippen molar-refractivity contribution in [2.24, 2.45) is 0 Å². The SMILES string of the molecule is CCOC(=O)c1ncc2ccccc2nc1=O. The van der Waals surface area contributed by atoms with E-state index in [1.165, 1.54) is 6.20 Å². The Morgan fingerprint density at radius 3 is 2.88 bits per heavy atom. The first-order valence-electron chi connectivity index (χ1n) is 5.15. The van der Waals surface area contributed by atoms with Crippen LogP contribution in [0.1, 0.15) is 17.4 Å². The van der Waals surface area contributed by atoms with Crippen molar-refractivity contribution in [3.63, 3.8) is 0 Å². The number of hydrogen-bond acceptors (Lipinski definition) is 5. The van der Waals surface area contributed by atoms with Gasteiger partial charge in [0.2, 0.25) is 5.69 Å². The molecule has 0 spiro atoms. The molecule has 1 aromatic carbocycles. The number of esters is 1. The molecular formula is C12H10N2O3. The summed E-state index contributed by atoms with van der Waals surface area (Å²) in [6.45, 7) is 1.85. The third-order valence-electron chi connectivity index (χ3n) is 2.16. The average Bonchev–Trinajstić information content (AvgIpc) is 2.47. The number of benzene rings is 1. The van der Waals surface area contributed by atoms with Crippen molar-refractivity contribution in [3.8, 4) is 0 Å². The van der Waals surface area contributed by atoms with Gasteiger partial charge in [-0.2, -0.15) is 0 Å². The lowest BCUT2D eigenvalue weighted by Crippen LogP contribution is -2.19. The molecule has 5 nitrogen and oxygen atoms in total. The number of hydrogen-bond donors (Lipinski definition) is 0. The molecule has 0 unspecified atom stereocenters. The van der Waals surface area contributed by atoms with Gasteiger partial charge >= 0.3 is 11.5 Å². The van der Waals surface area contributed by atoms with Gasteiger partial charge in [0.05, 0.1) is 12.1 Å². The summed E-state index contributed by atoms with van der Waals surface area (Å²) in [5.41, 5.74) is -0.465. The highest BCUT2D eigenvalue weighted by Crippen LogP contribution is 2.06. The molecule has 0 bridgehead atoms. The molecule has 0 aliphatic carbocycles. The fraction of sp³-hybridized carbons (Fsp3) is 0.167. The quantitative estimate of drug-likeness (QED) is 0.724. The van der Waals surface area contributed by atoms with Crippen LogP contribution in [0, 0.1) is 0 Å². The Balaban J connectivity index is 2.64. The van der Waals surface area contributed by atoms with Crippen LogP contribution < -0.4 is 5.56 Å². The Hall–Kier alpha value is -2.30. The Kier molecular flexibility index (Phi) is 3.09. The second-order valence-corrected chi connectivity index (χ2v) is 3.30. The van der Waals surface area contributed by atoms with Gasteiger partial charge in [0.25, 0.3) is 0 Å². The van der Waals surface area contributed by atoms with Gasteiger partial charge in [-0.3, -0.25) is 4.79 Å². The largest absolute Gasteiger partial charge is 0.461 e. The predicted octanol–water partition coefficient (Wildman–Crippen LogP) is 1.17. The number of aromatic nitrogens is 2. The lowest BCUT2D eigenvalue weighted by atomic mass is 10.2. The Morgan fingerprint density at radius 2 is 2.12 bits per heavy atom. The Morgan fingerprint density at radius 1 is 1.35 bits per heavy atom. The van der Waals surface area contributed by atoms with Crippen molar-refractivity contribution < 1.29 is 9.53 Å². The third kappa shape index (κ3) is 2.28. The van der Waals surface area contributed by atoms with Gasteiger partial charge in [-0.1, -0.05) is 18.2 Å². The minimum atomic E-state index is -0.745. The number of fused-ring (bicyclic) bond motifs is 1. The van der Waals surface area contributed by atoms with Crippen LogP contribution in [-0.4, -0.2) is 22.5 Å². The maximum Gasteiger partial charge on any atom is 0.362 e. The molecule has 2 rings (SSSR count). The zero-order valence-electron chi connectivity index (χ0n) is 9.21. The van der Waals surface area contributed by atoms with Crippen LogP contribution in [0.4, 0.5) is 0 Å². The topological polar surface area (TPSA) is 69.2 Å². The van der Waals surface area contributed by atoms with Gasteiger partial charge in [0, 0.05) is 11.6 Å². The molecule has 0 atom stereocenters. The second kappa shape index (κ2) is 4.69. The van der Waals surface area contributed by atoms with E-state index in [1.807, 2.05) is 0 Å². The number of para-hydroxylation sites is 1. The van der Waals surface area contributed by atoms with E-state index in [2.05, 4.69) is 9.97 Å². The summed E-state index contributed by atoms with van der Waals surface area (Å²) in [6.07, 6.45) is 1.44. The first-order valence-corrected chi connectivity index (χ1v) is 5.15. The summed E-state index contributed by atoms with van der Waals surface area (Å²) in [7, 11) is 0. The zero-order valence-corrected chi connectivity index (χ0v) is 9.21. The van der Waals surface area contributed by atoms with Crippen LogP contribution in [0.5, 0.6) is 0 Å². The summed E-state index contributed by atoms with van der Waals surface area (Å²) in [4.78, 5) is 30.8. The van der Waals surface area contributed by atoms with Gasteiger partial charge in [0.1, 0.15) is 0 Å². The molecule has 1 aromatic heterocycles. The summed E-state index contributed by atoms with van der Waals surface area (Å²) >= 11 is 0. The van der Waals surface area contributed by atoms with Gasteiger partial charge in [-0.25, -0.2) is 14.8 Å². The Bertz CT molecular complexity index is 625. The number of carbonyl (C=O) groups excluding carboxylic acids is 1. The summed E-state index contributed by atoms with van der Waals surface area (Å²) in [6, 6.07) is 7.02. The van der Waals surface area contributed by atoms with E-state index in [4.69, 9.17) is 4.74 Å². The number of rotatable bonds is 2. The smallest absolute Gasteiger partial charge is 0.362 e. The first kappa shape index (κ1) is 11.2. The standard InChI is InChI=1S/C12H10N2O3/c1-2-17-12(16)10-11(15)14-9-6-4-3-5-8(9)7-13-10/h3-7H,2H2,1H3. The second-order valence-electron chi connectivity index (χ2n) is 3.30. The van der Waals surface area contributed by atoms with Crippen LogP contribution in [0.3, 0.4) is 0 Å². The van der Waals surface area contributed by atoms with Crippen LogP contribution >= 0.6 is 0 Å². The summed E-state index contributed by atoms with van der Waals surface area (Å²) < 4.78 is 4.74. The zero-order chi connectivity index (χ0) is 12.3. The van der Waals surface area contributed by atoms with E-state index in [0.717, 1.165) is 0 Å². The van der Waals surface area contributed by atoms with Gasteiger partial charge in [-0.05, 0) is 13.0 Å². The van der Waals surface area contributed by atoms with Crippen molar-refractivity contribution in [1.29, 1.82) is 0 Å². The maximum atomic E-state index is 11.7. The Labute approximate surface area is 97.1 Å². The molecule has 1 heterocycles. The van der Waals surface area contributed by atoms with Crippen molar-refractivity contribution >= 4 is 16.9 Å². The van der Waals surface area contributed by atoms with Crippen LogP contribution in [0.25, 0.3) is 10.9 Å². The molecule has 0 fully saturated rings. The molecule has 5 heteroatoms. The van der Waals surface area contributed by atoms with E-state index in [-0.39, 0.29) is 12.3 Å². The third-order valence-corrected chi connectivity index (χ3v) is 2.16. The van der Waals surface area contributed by atoms with Crippen molar-refractivity contribution in [3.05, 3.63) is 46.5 Å². The van der Waals surface area contributed by atoms with E-state index in [0.29, 0.717) is 10.9 Å². The lowest BCUT2D eigenvalue weighted by molar-refractivity contribution is 0.0517. The maximum absolute atomic E-state index is 11.7. The van der Waals surface area contributed by atoms with Crippen molar-refractivity contribution in [2.45, 2.75) is 6.92 Å². The molecule has 0 saturated carbocycles. The van der Waals surface area contributed by atoms with Crippen LogP contribution in [0.2, 0.25) is 0 Å². The van der Waals surface area contributed by atoms with E-state index < -0.39 is 11.5 Å². The minimum absolute atomic E-state index is 0.193. The van der Waals surface area contributed by atoms with Gasteiger partial charge < -0.3 is 4.74 Å². The fourth-order valence-corrected chi connectivity index (χ4v) is 1.39. The van der Waals surface area contributed by atoms with Gasteiger partial charge in [-0.15, -0.1) is 0 Å². The van der Waals surface area contributed by atoms with E-state index in [1.54, 1.807) is 31.2 Å². The monoisotopic (exact) mass is 230 g/mol. The van der Waals surface area contributed by atoms with E-state index >= 15 is 0 Å². The molecule has 2 aromatic rings. The predicted molar refractivity (Wildman–Crippen MR) is 61.8 cm³/mol. The normalized spacial score (nSPS) is 10.2. The minimum Gasteiger partial charge on any atom is -0.461 e. The highest BCUT2D eigenvalue weighted by molar-refractivity contribution is 5.87. The summed E-state index contributed by atoms with van der Waals surface area (Å²) in [5, 5.41) is 0.695. The van der Waals surface area contributed by atoms with Crippen molar-refractivity contribution in [1.82, 2.24) is 9.97 Å². The summed E-state index contributed by atoms with van der Waals surface area (Å²) in [5.74, 6) is -0.745. The highest BCUT2D eigenvalue weighted by atomic mass is 16.5. The fourth-order valence-electron chi connectivity index (χ4n) is 1.39. The molecular weight excluding hydrogens is 220 g/mol. The molecule has 0 N–H and O–H groups in total. The van der Waals surface area contributed by atoms with Crippen LogP contribution in [-0.2, 0) is 4.74 Å². The molecule has 0 aliphatic rings. The number of nitrogens with zero attached hydrogens (tertiary/aromatic N) is 2. The average molecular weight is 230 g/mol. The molecule has 86 valence electrons. The van der Waals surface area contributed by atoms with E-state index in [9.17, 15) is 9.59 Å².